The maximum absolute atomic E-state index is 11.0. The number of thioether (sulfide) groups is 1. The van der Waals surface area contributed by atoms with E-state index >= 15 is 0 Å². The molecule has 0 aromatic carbocycles. The van der Waals surface area contributed by atoms with Crippen LogP contribution in [0.1, 0.15) is 13.8 Å². The number of aromatic nitrogens is 3. The van der Waals surface area contributed by atoms with Crippen molar-refractivity contribution >= 4 is 11.8 Å². The Kier molecular flexibility index (Phi) is 4.75. The molecule has 6 nitrogen and oxygen atoms in total. The Balaban J connectivity index is 2.58. The molecule has 0 atom stereocenters. The Bertz CT molecular complexity index is 452. The first kappa shape index (κ1) is 13.0. The fourth-order valence-corrected chi connectivity index (χ4v) is 1.87. The van der Waals surface area contributed by atoms with Crippen LogP contribution < -0.4 is 16.4 Å². The average Bonchev–Trinajstić information content (AvgIpc) is 2.19. The first-order valence-electron chi connectivity index (χ1n) is 5.04. The molecule has 1 heterocycles. The highest BCUT2D eigenvalue weighted by molar-refractivity contribution is 7.99. The van der Waals surface area contributed by atoms with E-state index in [4.69, 9.17) is 0 Å². The van der Waals surface area contributed by atoms with Crippen molar-refractivity contribution in [3.8, 4) is 0 Å². The Labute approximate surface area is 97.5 Å². The van der Waals surface area contributed by atoms with E-state index in [1.807, 2.05) is 0 Å². The topological polar surface area (TPSA) is 79.8 Å². The zero-order valence-corrected chi connectivity index (χ0v) is 10.4. The molecule has 0 radical (unpaired) electrons. The highest BCUT2D eigenvalue weighted by Gasteiger charge is 2.03. The molecule has 0 amide bonds. The number of aryl methyl sites for hydroxylation is 1. The van der Waals surface area contributed by atoms with Gasteiger partial charge in [-0.1, -0.05) is 25.6 Å². The van der Waals surface area contributed by atoms with Gasteiger partial charge in [0.15, 0.2) is 5.16 Å². The van der Waals surface area contributed by atoms with Gasteiger partial charge in [-0.15, -0.1) is 0 Å². The fraction of sp³-hybridized carbons (Fsp3) is 0.667. The molecule has 0 saturated heterocycles. The third-order valence-electron chi connectivity index (χ3n) is 1.83. The van der Waals surface area contributed by atoms with Crippen LogP contribution >= 0.6 is 11.8 Å². The van der Waals surface area contributed by atoms with E-state index in [2.05, 4.69) is 29.2 Å². The van der Waals surface area contributed by atoms with E-state index in [0.717, 1.165) is 12.3 Å². The van der Waals surface area contributed by atoms with Gasteiger partial charge in [0.1, 0.15) is 0 Å². The molecular weight excluding hydrogens is 228 g/mol. The largest absolute Gasteiger partial charge is 0.339 e. The summed E-state index contributed by atoms with van der Waals surface area (Å²) in [7, 11) is 1.66. The third kappa shape index (κ3) is 3.82. The Morgan fingerprint density at radius 2 is 2.19 bits per heavy atom. The van der Waals surface area contributed by atoms with Gasteiger partial charge < -0.3 is 5.32 Å². The second-order valence-corrected chi connectivity index (χ2v) is 4.72. The number of hydrogen-bond donors (Lipinski definition) is 2. The number of hydrogen-bond acceptors (Lipinski definition) is 5. The zero-order chi connectivity index (χ0) is 12.1. The molecule has 1 aromatic rings. The quantitative estimate of drug-likeness (QED) is 0.417. The standard InChI is InChI=1S/C9H16N4O2S/c1-6(2)10-4-5-16-9-11-7(14)8(15)12-13(9)3/h6,10H,4-5H2,1-3H3,(H,12,15). The summed E-state index contributed by atoms with van der Waals surface area (Å²) in [5.74, 6) is 0.796. The van der Waals surface area contributed by atoms with Crippen LogP contribution in [0.2, 0.25) is 0 Å². The van der Waals surface area contributed by atoms with E-state index in [9.17, 15) is 9.59 Å². The molecule has 0 aliphatic heterocycles. The molecule has 0 saturated carbocycles. The Hall–Kier alpha value is -1.08. The van der Waals surface area contributed by atoms with Gasteiger partial charge in [0.05, 0.1) is 0 Å². The van der Waals surface area contributed by atoms with Crippen molar-refractivity contribution in [2.75, 3.05) is 12.3 Å². The van der Waals surface area contributed by atoms with Gasteiger partial charge in [-0.25, -0.2) is 0 Å². The van der Waals surface area contributed by atoms with Crippen LogP contribution in [0.3, 0.4) is 0 Å². The van der Waals surface area contributed by atoms with E-state index in [-0.39, 0.29) is 0 Å². The number of aromatic amines is 1. The summed E-state index contributed by atoms with van der Waals surface area (Å²) >= 11 is 1.43. The predicted molar refractivity (Wildman–Crippen MR) is 64.0 cm³/mol. The lowest BCUT2D eigenvalue weighted by molar-refractivity contribution is 0.593. The Morgan fingerprint density at radius 3 is 2.81 bits per heavy atom. The highest BCUT2D eigenvalue weighted by Crippen LogP contribution is 2.09. The molecule has 2 N–H and O–H groups in total. The van der Waals surface area contributed by atoms with Crippen LogP contribution in [0.25, 0.3) is 0 Å². The van der Waals surface area contributed by atoms with Crippen molar-refractivity contribution < 1.29 is 0 Å². The van der Waals surface area contributed by atoms with E-state index < -0.39 is 11.1 Å². The van der Waals surface area contributed by atoms with Gasteiger partial charge in [-0.05, 0) is 0 Å². The van der Waals surface area contributed by atoms with Crippen LogP contribution in [-0.2, 0) is 7.05 Å². The Morgan fingerprint density at radius 1 is 1.50 bits per heavy atom. The monoisotopic (exact) mass is 244 g/mol. The van der Waals surface area contributed by atoms with Crippen LogP contribution in [0.15, 0.2) is 14.7 Å². The molecule has 0 unspecified atom stereocenters. The van der Waals surface area contributed by atoms with Crippen LogP contribution in [0, 0.1) is 0 Å². The lowest BCUT2D eigenvalue weighted by Gasteiger charge is -2.08. The zero-order valence-electron chi connectivity index (χ0n) is 9.61. The second kappa shape index (κ2) is 5.86. The van der Waals surface area contributed by atoms with Gasteiger partial charge in [0.25, 0.3) is 0 Å². The molecule has 16 heavy (non-hydrogen) atoms. The maximum Gasteiger partial charge on any atom is 0.339 e. The lowest BCUT2D eigenvalue weighted by Crippen LogP contribution is -2.34. The second-order valence-electron chi connectivity index (χ2n) is 3.66. The SMILES string of the molecule is CC(C)NCCSc1nc(=O)c(=O)[nH]n1C. The smallest absolute Gasteiger partial charge is 0.314 e. The summed E-state index contributed by atoms with van der Waals surface area (Å²) in [6, 6.07) is 0.438. The van der Waals surface area contributed by atoms with Crippen LogP contribution in [0.4, 0.5) is 0 Å². The van der Waals surface area contributed by atoms with Gasteiger partial charge >= 0.3 is 11.1 Å². The van der Waals surface area contributed by atoms with Gasteiger partial charge in [0.2, 0.25) is 0 Å². The van der Waals surface area contributed by atoms with Crippen LogP contribution in [0.5, 0.6) is 0 Å². The third-order valence-corrected chi connectivity index (χ3v) is 2.87. The summed E-state index contributed by atoms with van der Waals surface area (Å²) in [5.41, 5.74) is -1.43. The summed E-state index contributed by atoms with van der Waals surface area (Å²) in [6.45, 7) is 4.97. The summed E-state index contributed by atoms with van der Waals surface area (Å²) in [5, 5.41) is 6.18. The van der Waals surface area contributed by atoms with Crippen LogP contribution in [-0.4, -0.2) is 33.1 Å². The molecule has 0 aliphatic rings. The normalized spacial score (nSPS) is 11.0. The van der Waals surface area contributed by atoms with Gasteiger partial charge in [-0.2, -0.15) is 4.98 Å². The van der Waals surface area contributed by atoms with Crippen molar-refractivity contribution in [1.82, 2.24) is 20.1 Å². The molecule has 0 spiro atoms. The summed E-state index contributed by atoms with van der Waals surface area (Å²) < 4.78 is 1.46. The molecular formula is C9H16N4O2S. The lowest BCUT2D eigenvalue weighted by atomic mass is 10.4. The van der Waals surface area contributed by atoms with Crippen molar-refractivity contribution in [2.45, 2.75) is 25.0 Å². The van der Waals surface area contributed by atoms with Crippen molar-refractivity contribution in [3.63, 3.8) is 0 Å². The van der Waals surface area contributed by atoms with E-state index in [1.54, 1.807) is 7.05 Å². The first-order chi connectivity index (χ1) is 7.50. The summed E-state index contributed by atoms with van der Waals surface area (Å²) in [6.07, 6.45) is 0. The molecule has 1 aromatic heterocycles. The number of nitrogens with zero attached hydrogens (tertiary/aromatic N) is 2. The molecule has 7 heteroatoms. The number of nitrogens with one attached hydrogen (secondary N) is 2. The maximum atomic E-state index is 11.0. The minimum absolute atomic E-state index is 0.438. The molecule has 0 aliphatic carbocycles. The van der Waals surface area contributed by atoms with Gasteiger partial charge in [0, 0.05) is 25.4 Å². The molecule has 0 bridgehead atoms. The average molecular weight is 244 g/mol. The van der Waals surface area contributed by atoms with E-state index in [0.29, 0.717) is 11.2 Å². The number of rotatable bonds is 5. The number of H-pyrrole nitrogens is 1. The van der Waals surface area contributed by atoms with Gasteiger partial charge in [-0.3, -0.25) is 19.4 Å². The minimum atomic E-state index is -0.739. The fourth-order valence-electron chi connectivity index (χ4n) is 1.08. The predicted octanol–water partition coefficient (Wildman–Crippen LogP) is -0.441. The summed E-state index contributed by atoms with van der Waals surface area (Å²) in [4.78, 5) is 25.7. The highest BCUT2D eigenvalue weighted by atomic mass is 32.2. The van der Waals surface area contributed by atoms with Crippen molar-refractivity contribution in [1.29, 1.82) is 0 Å². The van der Waals surface area contributed by atoms with Crippen molar-refractivity contribution in [2.24, 2.45) is 7.05 Å². The molecule has 0 fully saturated rings. The minimum Gasteiger partial charge on any atom is -0.314 e. The van der Waals surface area contributed by atoms with Crippen molar-refractivity contribution in [3.05, 3.63) is 20.7 Å². The molecule has 1 rings (SSSR count). The first-order valence-corrected chi connectivity index (χ1v) is 6.03. The van der Waals surface area contributed by atoms with E-state index in [1.165, 1.54) is 16.4 Å². The molecule has 90 valence electrons.